The van der Waals surface area contributed by atoms with Crippen LogP contribution in [0.1, 0.15) is 23.2 Å². The fourth-order valence-electron chi connectivity index (χ4n) is 2.67. The first-order chi connectivity index (χ1) is 10.1. The maximum Gasteiger partial charge on any atom is 0.254 e. The number of rotatable bonds is 5. The van der Waals surface area contributed by atoms with Gasteiger partial charge in [-0.1, -0.05) is 15.9 Å². The molecule has 0 radical (unpaired) electrons. The predicted octanol–water partition coefficient (Wildman–Crippen LogP) is 2.76. The van der Waals surface area contributed by atoms with Crippen molar-refractivity contribution in [2.45, 2.75) is 12.8 Å². The molecule has 7 heteroatoms. The van der Waals surface area contributed by atoms with Crippen molar-refractivity contribution in [2.24, 2.45) is 5.41 Å². The van der Waals surface area contributed by atoms with E-state index in [0.29, 0.717) is 17.6 Å². The molecule has 1 saturated heterocycles. The zero-order valence-corrected chi connectivity index (χ0v) is 14.9. The quantitative estimate of drug-likeness (QED) is 0.806. The molecule has 124 valence electrons. The molecule has 0 atom stereocenters. The summed E-state index contributed by atoms with van der Waals surface area (Å²) in [4.78, 5) is 12.1. The molecule has 1 amide bonds. The number of nitrogens with one attached hydrogen (secondary N) is 2. The summed E-state index contributed by atoms with van der Waals surface area (Å²) in [5, 5.41) is 6.15. The fourth-order valence-corrected chi connectivity index (χ4v) is 3.01. The van der Waals surface area contributed by atoms with Crippen molar-refractivity contribution in [3.8, 4) is 0 Å². The van der Waals surface area contributed by atoms with Gasteiger partial charge in [-0.25, -0.2) is 4.39 Å². The lowest BCUT2D eigenvalue weighted by Crippen LogP contribution is -2.47. The van der Waals surface area contributed by atoms with Gasteiger partial charge in [-0.3, -0.25) is 4.79 Å². The fraction of sp³-hybridized carbons (Fsp3) is 0.533. The van der Waals surface area contributed by atoms with Crippen LogP contribution in [0.3, 0.4) is 0 Å². The van der Waals surface area contributed by atoms with E-state index in [4.69, 9.17) is 4.74 Å². The van der Waals surface area contributed by atoms with Gasteiger partial charge in [0.2, 0.25) is 0 Å². The van der Waals surface area contributed by atoms with Crippen LogP contribution in [0.5, 0.6) is 0 Å². The van der Waals surface area contributed by atoms with Crippen molar-refractivity contribution in [3.05, 3.63) is 34.1 Å². The van der Waals surface area contributed by atoms with Crippen LogP contribution >= 0.6 is 28.3 Å². The van der Waals surface area contributed by atoms with Crippen LogP contribution in [0.4, 0.5) is 4.39 Å². The Labute approximate surface area is 144 Å². The summed E-state index contributed by atoms with van der Waals surface area (Å²) in [6.07, 6.45) is 1.87. The highest BCUT2D eigenvalue weighted by atomic mass is 79.9. The lowest BCUT2D eigenvalue weighted by molar-refractivity contribution is 0.0511. The summed E-state index contributed by atoms with van der Waals surface area (Å²) < 4.78 is 19.7. The molecule has 4 nitrogen and oxygen atoms in total. The Bertz CT molecular complexity index is 505. The summed E-state index contributed by atoms with van der Waals surface area (Å²) in [5.74, 6) is -0.901. The van der Waals surface area contributed by atoms with Gasteiger partial charge in [0.1, 0.15) is 5.82 Å². The van der Waals surface area contributed by atoms with E-state index in [1.807, 2.05) is 0 Å². The van der Waals surface area contributed by atoms with E-state index in [-0.39, 0.29) is 29.3 Å². The number of carbonyl (C=O) groups excluding carboxylic acids is 1. The highest BCUT2D eigenvalue weighted by Gasteiger charge is 2.32. The largest absolute Gasteiger partial charge is 0.384 e. The second-order valence-corrected chi connectivity index (χ2v) is 6.41. The Morgan fingerprint density at radius 3 is 2.73 bits per heavy atom. The van der Waals surface area contributed by atoms with Gasteiger partial charge in [-0.05, 0) is 44.1 Å². The lowest BCUT2D eigenvalue weighted by atomic mass is 9.79. The van der Waals surface area contributed by atoms with Crippen molar-refractivity contribution < 1.29 is 13.9 Å². The van der Waals surface area contributed by atoms with E-state index in [1.54, 1.807) is 13.2 Å². The molecular weight excluding hydrogens is 375 g/mol. The second-order valence-electron chi connectivity index (χ2n) is 5.49. The first-order valence-corrected chi connectivity index (χ1v) is 7.78. The third-order valence-electron chi connectivity index (χ3n) is 3.91. The molecule has 0 spiro atoms. The molecular formula is C15H21BrClFN2O2. The van der Waals surface area contributed by atoms with Gasteiger partial charge in [-0.2, -0.15) is 0 Å². The normalized spacial score (nSPS) is 16.7. The van der Waals surface area contributed by atoms with Gasteiger partial charge in [0.05, 0.1) is 12.2 Å². The molecule has 0 aromatic heterocycles. The zero-order valence-electron chi connectivity index (χ0n) is 12.5. The maximum atomic E-state index is 13.8. The number of amides is 1. The van der Waals surface area contributed by atoms with Crippen LogP contribution in [0.15, 0.2) is 22.7 Å². The maximum absolute atomic E-state index is 13.8. The first kappa shape index (κ1) is 19.4. The van der Waals surface area contributed by atoms with Gasteiger partial charge in [0.15, 0.2) is 0 Å². The van der Waals surface area contributed by atoms with Crippen molar-refractivity contribution in [1.29, 1.82) is 0 Å². The zero-order chi connectivity index (χ0) is 15.3. The van der Waals surface area contributed by atoms with E-state index in [0.717, 1.165) is 25.9 Å². The number of halogens is 3. The molecule has 1 fully saturated rings. The van der Waals surface area contributed by atoms with Gasteiger partial charge in [0, 0.05) is 23.5 Å². The van der Waals surface area contributed by atoms with Crippen molar-refractivity contribution in [3.63, 3.8) is 0 Å². The lowest BCUT2D eigenvalue weighted by Gasteiger charge is -2.37. The molecule has 1 aliphatic rings. The molecule has 0 saturated carbocycles. The highest BCUT2D eigenvalue weighted by molar-refractivity contribution is 9.10. The Hall–Kier alpha value is -0.690. The van der Waals surface area contributed by atoms with E-state index in [1.165, 1.54) is 12.1 Å². The smallest absolute Gasteiger partial charge is 0.254 e. The van der Waals surface area contributed by atoms with Gasteiger partial charge < -0.3 is 15.4 Å². The van der Waals surface area contributed by atoms with E-state index in [2.05, 4.69) is 26.6 Å². The minimum absolute atomic E-state index is 0. The molecule has 1 aliphatic heterocycles. The average molecular weight is 396 g/mol. The molecule has 1 heterocycles. The average Bonchev–Trinajstić information content (AvgIpc) is 2.46. The molecule has 0 aliphatic carbocycles. The summed E-state index contributed by atoms with van der Waals surface area (Å²) in [7, 11) is 1.67. The van der Waals surface area contributed by atoms with E-state index < -0.39 is 5.82 Å². The monoisotopic (exact) mass is 394 g/mol. The Morgan fingerprint density at radius 1 is 1.45 bits per heavy atom. The molecule has 0 bridgehead atoms. The molecule has 2 rings (SSSR count). The summed E-state index contributed by atoms with van der Waals surface area (Å²) in [5.41, 5.74) is 0.00121. The third-order valence-corrected chi connectivity index (χ3v) is 4.41. The topological polar surface area (TPSA) is 50.4 Å². The van der Waals surface area contributed by atoms with Gasteiger partial charge >= 0.3 is 0 Å². The van der Waals surface area contributed by atoms with Crippen LogP contribution in [0.2, 0.25) is 0 Å². The van der Waals surface area contributed by atoms with E-state index >= 15 is 0 Å². The minimum atomic E-state index is -0.520. The van der Waals surface area contributed by atoms with Crippen LogP contribution in [0, 0.1) is 11.2 Å². The predicted molar refractivity (Wildman–Crippen MR) is 90.1 cm³/mol. The first-order valence-electron chi connectivity index (χ1n) is 6.99. The molecule has 1 aromatic rings. The van der Waals surface area contributed by atoms with Gasteiger partial charge in [-0.15, -0.1) is 12.4 Å². The number of hydrogen-bond acceptors (Lipinski definition) is 3. The third kappa shape index (κ3) is 4.91. The number of methoxy groups -OCH3 is 1. The van der Waals surface area contributed by atoms with E-state index in [9.17, 15) is 9.18 Å². The second kappa shape index (κ2) is 8.82. The van der Waals surface area contributed by atoms with Gasteiger partial charge in [0.25, 0.3) is 5.91 Å². The highest BCUT2D eigenvalue weighted by Crippen LogP contribution is 2.28. The van der Waals surface area contributed by atoms with Crippen LogP contribution in [-0.2, 0) is 4.74 Å². The number of benzene rings is 1. The molecule has 22 heavy (non-hydrogen) atoms. The number of hydrogen-bond donors (Lipinski definition) is 2. The summed E-state index contributed by atoms with van der Waals surface area (Å²) in [6.45, 7) is 2.91. The van der Waals surface area contributed by atoms with Crippen LogP contribution in [-0.4, -0.2) is 39.3 Å². The van der Waals surface area contributed by atoms with Crippen molar-refractivity contribution >= 4 is 34.2 Å². The number of ether oxygens (including phenoxy) is 1. The number of piperidine rings is 1. The Morgan fingerprint density at radius 2 is 2.14 bits per heavy atom. The Balaban J connectivity index is 0.00000242. The minimum Gasteiger partial charge on any atom is -0.384 e. The van der Waals surface area contributed by atoms with Crippen LogP contribution in [0.25, 0.3) is 0 Å². The number of carbonyl (C=O) groups is 1. The SMILES string of the molecule is COCC1(CNC(=O)c2ccc(Br)cc2F)CCNCC1.Cl. The van der Waals surface area contributed by atoms with Crippen molar-refractivity contribution in [1.82, 2.24) is 10.6 Å². The molecule has 0 unspecified atom stereocenters. The summed E-state index contributed by atoms with van der Waals surface area (Å²) in [6, 6.07) is 4.44. The van der Waals surface area contributed by atoms with Crippen molar-refractivity contribution in [2.75, 3.05) is 33.4 Å². The summed E-state index contributed by atoms with van der Waals surface area (Å²) >= 11 is 3.18. The van der Waals surface area contributed by atoms with Crippen LogP contribution < -0.4 is 10.6 Å². The standard InChI is InChI=1S/C15H20BrFN2O2.ClH/c1-21-10-15(4-6-18-7-5-15)9-19-14(20)12-3-2-11(16)8-13(12)17;/h2-3,8,18H,4-7,9-10H2,1H3,(H,19,20);1H. The Kier molecular flexibility index (Phi) is 7.76. The molecule has 1 aromatic carbocycles. The molecule has 2 N–H and O–H groups in total.